The van der Waals surface area contributed by atoms with Gasteiger partial charge in [-0.3, -0.25) is 9.89 Å². The molecule has 0 radical (unpaired) electrons. The lowest BCUT2D eigenvalue weighted by Gasteiger charge is -2.04. The lowest BCUT2D eigenvalue weighted by molar-refractivity contribution is 0.875. The Morgan fingerprint density at radius 2 is 1.76 bits per heavy atom. The first-order valence-corrected chi connectivity index (χ1v) is 9.73. The molecule has 0 aliphatic carbocycles. The SMILES string of the molecule is CCc1cccc2nc(-c3c(C)nc4c(-c5ccccc5)c(C)[nH]n4c3=O)cn12. The van der Waals surface area contributed by atoms with Gasteiger partial charge in [0.05, 0.1) is 17.0 Å². The minimum atomic E-state index is -0.140. The number of pyridine rings is 1. The summed E-state index contributed by atoms with van der Waals surface area (Å²) in [4.78, 5) is 22.9. The Hall–Kier alpha value is -3.67. The minimum absolute atomic E-state index is 0.140. The van der Waals surface area contributed by atoms with Crippen molar-refractivity contribution in [2.24, 2.45) is 0 Å². The Labute approximate surface area is 167 Å². The number of nitrogens with one attached hydrogen (secondary N) is 1. The highest BCUT2D eigenvalue weighted by Gasteiger charge is 2.20. The minimum Gasteiger partial charge on any atom is -0.303 e. The molecule has 0 aliphatic heterocycles. The van der Waals surface area contributed by atoms with Crippen molar-refractivity contribution in [3.63, 3.8) is 0 Å². The van der Waals surface area contributed by atoms with Gasteiger partial charge in [-0.2, -0.15) is 0 Å². The number of hydrogen-bond donors (Lipinski definition) is 1. The van der Waals surface area contributed by atoms with Crippen molar-refractivity contribution in [3.05, 3.63) is 82.2 Å². The van der Waals surface area contributed by atoms with E-state index in [4.69, 9.17) is 9.97 Å². The van der Waals surface area contributed by atoms with Crippen molar-refractivity contribution in [2.75, 3.05) is 0 Å². The number of rotatable bonds is 3. The fraction of sp³-hybridized carbons (Fsp3) is 0.174. The molecule has 0 atom stereocenters. The van der Waals surface area contributed by atoms with E-state index in [2.05, 4.69) is 18.1 Å². The lowest BCUT2D eigenvalue weighted by atomic mass is 10.1. The summed E-state index contributed by atoms with van der Waals surface area (Å²) in [6.45, 7) is 5.94. The number of aryl methyl sites for hydroxylation is 3. The molecule has 0 bridgehead atoms. The molecular formula is C23H21N5O. The van der Waals surface area contributed by atoms with Crippen molar-refractivity contribution < 1.29 is 0 Å². The summed E-state index contributed by atoms with van der Waals surface area (Å²) >= 11 is 0. The molecular weight excluding hydrogens is 362 g/mol. The predicted octanol–water partition coefficient (Wildman–Crippen LogP) is 4.18. The van der Waals surface area contributed by atoms with Crippen LogP contribution in [0, 0.1) is 13.8 Å². The highest BCUT2D eigenvalue weighted by molar-refractivity contribution is 5.81. The summed E-state index contributed by atoms with van der Waals surface area (Å²) in [6.07, 6.45) is 2.82. The van der Waals surface area contributed by atoms with Gasteiger partial charge in [-0.05, 0) is 38.0 Å². The molecule has 1 N–H and O–H groups in total. The smallest absolute Gasteiger partial charge is 0.282 e. The second-order valence-corrected chi connectivity index (χ2v) is 7.24. The highest BCUT2D eigenvalue weighted by atomic mass is 16.1. The molecule has 0 amide bonds. The van der Waals surface area contributed by atoms with Gasteiger partial charge in [0, 0.05) is 23.1 Å². The number of fused-ring (bicyclic) bond motifs is 2. The Kier molecular flexibility index (Phi) is 3.87. The fourth-order valence-corrected chi connectivity index (χ4v) is 4.01. The third-order valence-corrected chi connectivity index (χ3v) is 5.40. The molecule has 4 aromatic heterocycles. The van der Waals surface area contributed by atoms with Crippen LogP contribution in [-0.2, 0) is 6.42 Å². The van der Waals surface area contributed by atoms with E-state index < -0.39 is 0 Å². The quantitative estimate of drug-likeness (QED) is 0.508. The standard InChI is InChI=1S/C23H21N5O/c1-4-17-11-8-12-19-25-18(13-27(17)19)21-14(2)24-22-20(16-9-6-5-7-10-16)15(3)26-28(22)23(21)29/h5-13,26H,4H2,1-3H3. The monoisotopic (exact) mass is 383 g/mol. The molecule has 0 unspecified atom stereocenters. The number of benzene rings is 1. The maximum absolute atomic E-state index is 13.4. The van der Waals surface area contributed by atoms with E-state index >= 15 is 0 Å². The average Bonchev–Trinajstić information content (AvgIpc) is 3.29. The Balaban J connectivity index is 1.78. The van der Waals surface area contributed by atoms with Crippen LogP contribution in [0.2, 0.25) is 0 Å². The summed E-state index contributed by atoms with van der Waals surface area (Å²) < 4.78 is 3.57. The lowest BCUT2D eigenvalue weighted by Crippen LogP contribution is -2.19. The molecule has 0 saturated heterocycles. The van der Waals surface area contributed by atoms with Gasteiger partial charge in [0.25, 0.3) is 5.56 Å². The van der Waals surface area contributed by atoms with Crippen LogP contribution in [0.25, 0.3) is 33.7 Å². The van der Waals surface area contributed by atoms with Crippen LogP contribution in [0.15, 0.2) is 59.5 Å². The molecule has 29 heavy (non-hydrogen) atoms. The summed E-state index contributed by atoms with van der Waals surface area (Å²) in [6, 6.07) is 16.0. The van der Waals surface area contributed by atoms with Crippen LogP contribution in [0.4, 0.5) is 0 Å². The van der Waals surface area contributed by atoms with Gasteiger partial charge in [-0.15, -0.1) is 0 Å². The molecule has 0 spiro atoms. The Morgan fingerprint density at radius 3 is 2.52 bits per heavy atom. The number of nitrogens with zero attached hydrogens (tertiary/aromatic N) is 4. The third-order valence-electron chi connectivity index (χ3n) is 5.40. The topological polar surface area (TPSA) is 67.5 Å². The number of aromatic amines is 1. The van der Waals surface area contributed by atoms with Gasteiger partial charge in [0.1, 0.15) is 5.65 Å². The average molecular weight is 383 g/mol. The number of hydrogen-bond acceptors (Lipinski definition) is 3. The Morgan fingerprint density at radius 1 is 0.966 bits per heavy atom. The van der Waals surface area contributed by atoms with Crippen molar-refractivity contribution in [1.29, 1.82) is 0 Å². The summed E-state index contributed by atoms with van der Waals surface area (Å²) in [5.41, 5.74) is 7.19. The van der Waals surface area contributed by atoms with Crippen LogP contribution in [0.1, 0.15) is 24.0 Å². The van der Waals surface area contributed by atoms with Crippen molar-refractivity contribution in [3.8, 4) is 22.4 Å². The van der Waals surface area contributed by atoms with Crippen molar-refractivity contribution in [1.82, 2.24) is 24.0 Å². The van der Waals surface area contributed by atoms with Gasteiger partial charge in [-0.1, -0.05) is 43.3 Å². The molecule has 1 aromatic carbocycles. The van der Waals surface area contributed by atoms with E-state index in [-0.39, 0.29) is 5.56 Å². The Bertz CT molecular complexity index is 1420. The van der Waals surface area contributed by atoms with Crippen LogP contribution < -0.4 is 5.56 Å². The molecule has 5 aromatic rings. The molecule has 5 rings (SSSR count). The number of H-pyrrole nitrogens is 1. The highest BCUT2D eigenvalue weighted by Crippen LogP contribution is 2.28. The second kappa shape index (κ2) is 6.44. The molecule has 0 fully saturated rings. The van der Waals surface area contributed by atoms with E-state index in [0.29, 0.717) is 22.6 Å². The van der Waals surface area contributed by atoms with Gasteiger partial charge in [0.2, 0.25) is 0 Å². The summed E-state index contributed by atoms with van der Waals surface area (Å²) in [7, 11) is 0. The maximum Gasteiger partial charge on any atom is 0.282 e. The zero-order valence-electron chi connectivity index (χ0n) is 16.6. The van der Waals surface area contributed by atoms with Crippen LogP contribution in [0.3, 0.4) is 0 Å². The zero-order chi connectivity index (χ0) is 20.1. The normalized spacial score (nSPS) is 11.6. The van der Waals surface area contributed by atoms with E-state index in [0.717, 1.165) is 34.6 Å². The molecule has 0 aliphatic rings. The van der Waals surface area contributed by atoms with Gasteiger partial charge >= 0.3 is 0 Å². The first kappa shape index (κ1) is 17.4. The van der Waals surface area contributed by atoms with E-state index in [1.165, 1.54) is 4.52 Å². The summed E-state index contributed by atoms with van der Waals surface area (Å²) in [5.74, 6) is 0. The van der Waals surface area contributed by atoms with Crippen LogP contribution in [0.5, 0.6) is 0 Å². The first-order valence-electron chi connectivity index (χ1n) is 9.73. The third kappa shape index (κ3) is 2.60. The largest absolute Gasteiger partial charge is 0.303 e. The molecule has 6 heteroatoms. The van der Waals surface area contributed by atoms with Crippen molar-refractivity contribution in [2.45, 2.75) is 27.2 Å². The molecule has 0 saturated carbocycles. The first-order chi connectivity index (χ1) is 14.1. The van der Waals surface area contributed by atoms with E-state index in [9.17, 15) is 4.79 Å². The second-order valence-electron chi connectivity index (χ2n) is 7.24. The molecule has 4 heterocycles. The van der Waals surface area contributed by atoms with Gasteiger partial charge < -0.3 is 4.40 Å². The van der Waals surface area contributed by atoms with E-state index in [1.807, 2.05) is 66.9 Å². The number of aromatic nitrogens is 5. The predicted molar refractivity (Wildman–Crippen MR) is 114 cm³/mol. The van der Waals surface area contributed by atoms with Gasteiger partial charge in [-0.25, -0.2) is 14.5 Å². The molecule has 144 valence electrons. The summed E-state index contributed by atoms with van der Waals surface area (Å²) in [5, 5.41) is 3.19. The van der Waals surface area contributed by atoms with Crippen LogP contribution >= 0.6 is 0 Å². The van der Waals surface area contributed by atoms with E-state index in [1.54, 1.807) is 0 Å². The van der Waals surface area contributed by atoms with Gasteiger partial charge in [0.15, 0.2) is 5.65 Å². The maximum atomic E-state index is 13.4. The zero-order valence-corrected chi connectivity index (χ0v) is 16.6. The van der Waals surface area contributed by atoms with Crippen LogP contribution in [-0.4, -0.2) is 24.0 Å². The van der Waals surface area contributed by atoms with Crippen molar-refractivity contribution >= 4 is 11.3 Å². The fourth-order valence-electron chi connectivity index (χ4n) is 4.01. The number of imidazole rings is 1. The molecule has 6 nitrogen and oxygen atoms in total.